The van der Waals surface area contributed by atoms with Gasteiger partial charge in [-0.1, -0.05) is 0 Å². The summed E-state index contributed by atoms with van der Waals surface area (Å²) in [5.74, 6) is -0.868. The van der Waals surface area contributed by atoms with Gasteiger partial charge in [0.25, 0.3) is 0 Å². The van der Waals surface area contributed by atoms with Gasteiger partial charge in [-0.25, -0.2) is 0 Å². The Bertz CT molecular complexity index is 465. The van der Waals surface area contributed by atoms with Crippen LogP contribution in [0.1, 0.15) is 5.56 Å². The molecule has 0 saturated carbocycles. The third kappa shape index (κ3) is 3.63. The second-order valence-corrected chi connectivity index (χ2v) is 4.70. The largest absolute Gasteiger partial charge is 0.480 e. The standard InChI is InChI=1S/C13H15F3N2O2/c14-13(15,16)10-1-3-11(4-2-10)18-7-5-17(6-8-18)9-12(19)20/h1-4H,5-9H2,(H,19,20). The number of rotatable bonds is 3. The summed E-state index contributed by atoms with van der Waals surface area (Å²) in [6.45, 7) is 2.40. The molecule has 1 saturated heterocycles. The van der Waals surface area contributed by atoms with E-state index in [2.05, 4.69) is 0 Å². The van der Waals surface area contributed by atoms with E-state index in [1.54, 1.807) is 0 Å². The maximum absolute atomic E-state index is 12.5. The molecule has 0 aromatic heterocycles. The van der Waals surface area contributed by atoms with Crippen LogP contribution in [0.5, 0.6) is 0 Å². The van der Waals surface area contributed by atoms with Crippen molar-refractivity contribution in [3.05, 3.63) is 29.8 Å². The van der Waals surface area contributed by atoms with Gasteiger partial charge in [0.15, 0.2) is 0 Å². The lowest BCUT2D eigenvalue weighted by molar-refractivity contribution is -0.138. The van der Waals surface area contributed by atoms with E-state index in [1.165, 1.54) is 12.1 Å². The first-order chi connectivity index (χ1) is 9.36. The molecule has 0 unspecified atom stereocenters. The molecule has 1 aromatic rings. The third-order valence-corrected chi connectivity index (χ3v) is 3.29. The minimum Gasteiger partial charge on any atom is -0.480 e. The van der Waals surface area contributed by atoms with Gasteiger partial charge < -0.3 is 10.0 Å². The number of halogens is 3. The summed E-state index contributed by atoms with van der Waals surface area (Å²) in [5.41, 5.74) is 0.0683. The Morgan fingerprint density at radius 3 is 2.10 bits per heavy atom. The van der Waals surface area contributed by atoms with Crippen LogP contribution in [0, 0.1) is 0 Å². The number of anilines is 1. The highest BCUT2D eigenvalue weighted by Crippen LogP contribution is 2.30. The van der Waals surface area contributed by atoms with Crippen molar-refractivity contribution >= 4 is 11.7 Å². The number of carboxylic acid groups (broad SMARTS) is 1. The second-order valence-electron chi connectivity index (χ2n) is 4.70. The summed E-state index contributed by atoms with van der Waals surface area (Å²) in [6, 6.07) is 5.04. The Hall–Kier alpha value is -1.76. The predicted molar refractivity (Wildman–Crippen MR) is 67.7 cm³/mol. The van der Waals surface area contributed by atoms with Gasteiger partial charge in [0.05, 0.1) is 12.1 Å². The number of alkyl halides is 3. The van der Waals surface area contributed by atoms with E-state index in [1.807, 2.05) is 9.80 Å². The van der Waals surface area contributed by atoms with Gasteiger partial charge in [0.2, 0.25) is 0 Å². The van der Waals surface area contributed by atoms with Gasteiger partial charge in [-0.3, -0.25) is 9.69 Å². The Balaban J connectivity index is 1.95. The van der Waals surface area contributed by atoms with Crippen molar-refractivity contribution in [2.24, 2.45) is 0 Å². The fourth-order valence-corrected chi connectivity index (χ4v) is 2.22. The molecule has 1 aliphatic heterocycles. The lowest BCUT2D eigenvalue weighted by Gasteiger charge is -2.35. The monoisotopic (exact) mass is 288 g/mol. The molecular weight excluding hydrogens is 273 g/mol. The molecule has 110 valence electrons. The van der Waals surface area contributed by atoms with Gasteiger partial charge in [-0.05, 0) is 24.3 Å². The topological polar surface area (TPSA) is 43.8 Å². The summed E-state index contributed by atoms with van der Waals surface area (Å²) < 4.78 is 37.4. The van der Waals surface area contributed by atoms with E-state index in [0.29, 0.717) is 26.2 Å². The first-order valence-electron chi connectivity index (χ1n) is 6.22. The Morgan fingerprint density at radius 1 is 1.10 bits per heavy atom. The van der Waals surface area contributed by atoms with Crippen molar-refractivity contribution in [1.82, 2.24) is 4.90 Å². The highest BCUT2D eigenvalue weighted by molar-refractivity contribution is 5.69. The lowest BCUT2D eigenvalue weighted by Crippen LogP contribution is -2.47. The molecule has 0 aliphatic carbocycles. The summed E-state index contributed by atoms with van der Waals surface area (Å²) >= 11 is 0. The molecule has 0 radical (unpaired) electrons. The highest BCUT2D eigenvalue weighted by Gasteiger charge is 2.30. The number of carboxylic acids is 1. The molecule has 1 aromatic carbocycles. The summed E-state index contributed by atoms with van der Waals surface area (Å²) in [4.78, 5) is 14.4. The van der Waals surface area contributed by atoms with Crippen molar-refractivity contribution in [1.29, 1.82) is 0 Å². The number of aliphatic carboxylic acids is 1. The first-order valence-corrected chi connectivity index (χ1v) is 6.22. The molecule has 1 heterocycles. The Morgan fingerprint density at radius 2 is 1.65 bits per heavy atom. The molecule has 0 atom stereocenters. The number of hydrogen-bond acceptors (Lipinski definition) is 3. The number of benzene rings is 1. The minimum atomic E-state index is -4.32. The number of carbonyl (C=O) groups is 1. The van der Waals surface area contributed by atoms with Gasteiger partial charge >= 0.3 is 12.1 Å². The Labute approximate surface area is 114 Å². The van der Waals surface area contributed by atoms with Crippen LogP contribution < -0.4 is 4.90 Å². The van der Waals surface area contributed by atoms with E-state index in [9.17, 15) is 18.0 Å². The van der Waals surface area contributed by atoms with Crippen molar-refractivity contribution in [2.75, 3.05) is 37.6 Å². The third-order valence-electron chi connectivity index (χ3n) is 3.29. The SMILES string of the molecule is O=C(O)CN1CCN(c2ccc(C(F)(F)F)cc2)CC1. The maximum Gasteiger partial charge on any atom is 0.416 e. The van der Waals surface area contributed by atoms with Crippen LogP contribution >= 0.6 is 0 Å². The van der Waals surface area contributed by atoms with Crippen LogP contribution in [-0.4, -0.2) is 48.7 Å². The van der Waals surface area contributed by atoms with Crippen molar-refractivity contribution < 1.29 is 23.1 Å². The van der Waals surface area contributed by atoms with E-state index >= 15 is 0 Å². The van der Waals surface area contributed by atoms with Crippen LogP contribution in [0.15, 0.2) is 24.3 Å². The normalized spacial score (nSPS) is 17.2. The van der Waals surface area contributed by atoms with E-state index in [-0.39, 0.29) is 6.54 Å². The molecule has 20 heavy (non-hydrogen) atoms. The molecule has 4 nitrogen and oxygen atoms in total. The van der Waals surface area contributed by atoms with Crippen LogP contribution in [0.4, 0.5) is 18.9 Å². The van der Waals surface area contributed by atoms with Crippen LogP contribution in [0.25, 0.3) is 0 Å². The van der Waals surface area contributed by atoms with Crippen molar-refractivity contribution in [2.45, 2.75) is 6.18 Å². The molecule has 1 aliphatic rings. The second kappa shape index (κ2) is 5.70. The zero-order valence-corrected chi connectivity index (χ0v) is 10.7. The van der Waals surface area contributed by atoms with Gasteiger partial charge in [-0.2, -0.15) is 13.2 Å². The van der Waals surface area contributed by atoms with E-state index < -0.39 is 17.7 Å². The Kier molecular flexibility index (Phi) is 4.17. The molecular formula is C13H15F3N2O2. The number of hydrogen-bond donors (Lipinski definition) is 1. The average Bonchev–Trinajstić information content (AvgIpc) is 2.38. The van der Waals surface area contributed by atoms with E-state index in [4.69, 9.17) is 5.11 Å². The van der Waals surface area contributed by atoms with Gasteiger partial charge in [0.1, 0.15) is 0 Å². The van der Waals surface area contributed by atoms with Crippen molar-refractivity contribution in [3.8, 4) is 0 Å². The molecule has 1 fully saturated rings. The first kappa shape index (κ1) is 14.6. The summed E-state index contributed by atoms with van der Waals surface area (Å²) in [5, 5.41) is 8.69. The maximum atomic E-state index is 12.5. The van der Waals surface area contributed by atoms with Crippen LogP contribution in [0.3, 0.4) is 0 Å². The fraction of sp³-hybridized carbons (Fsp3) is 0.462. The smallest absolute Gasteiger partial charge is 0.416 e. The molecule has 0 bridgehead atoms. The summed E-state index contributed by atoms with van der Waals surface area (Å²) in [7, 11) is 0. The highest BCUT2D eigenvalue weighted by atomic mass is 19.4. The van der Waals surface area contributed by atoms with Gasteiger partial charge in [0, 0.05) is 31.9 Å². The number of nitrogens with zero attached hydrogens (tertiary/aromatic N) is 2. The fourth-order valence-electron chi connectivity index (χ4n) is 2.22. The molecule has 7 heteroatoms. The average molecular weight is 288 g/mol. The zero-order chi connectivity index (χ0) is 14.8. The zero-order valence-electron chi connectivity index (χ0n) is 10.7. The molecule has 1 N–H and O–H groups in total. The van der Waals surface area contributed by atoms with Crippen molar-refractivity contribution in [3.63, 3.8) is 0 Å². The van der Waals surface area contributed by atoms with Crippen LogP contribution in [-0.2, 0) is 11.0 Å². The molecule has 0 amide bonds. The quantitative estimate of drug-likeness (QED) is 0.923. The van der Waals surface area contributed by atoms with Gasteiger partial charge in [-0.15, -0.1) is 0 Å². The minimum absolute atomic E-state index is 0.000845. The molecule has 0 spiro atoms. The predicted octanol–water partition coefficient (Wildman–Crippen LogP) is 1.91. The molecule has 2 rings (SSSR count). The van der Waals surface area contributed by atoms with E-state index in [0.717, 1.165) is 17.8 Å². The summed E-state index contributed by atoms with van der Waals surface area (Å²) in [6.07, 6.45) is -4.32. The number of piperazine rings is 1. The lowest BCUT2D eigenvalue weighted by atomic mass is 10.1. The van der Waals surface area contributed by atoms with Crippen LogP contribution in [0.2, 0.25) is 0 Å².